The number of hydrogen-bond donors (Lipinski definition) is 1. The van der Waals surface area contributed by atoms with Gasteiger partial charge in [-0.15, -0.1) is 0 Å². The molecule has 4 rings (SSSR count). The fourth-order valence-electron chi connectivity index (χ4n) is 4.59. The Hall–Kier alpha value is -3.46. The van der Waals surface area contributed by atoms with Crippen molar-refractivity contribution < 1.29 is 19.3 Å². The second-order valence-electron chi connectivity index (χ2n) is 9.72. The zero-order valence-electron chi connectivity index (χ0n) is 22.1. The van der Waals surface area contributed by atoms with E-state index in [1.807, 2.05) is 42.5 Å². The number of methoxy groups -OCH3 is 2. The van der Waals surface area contributed by atoms with E-state index in [2.05, 4.69) is 48.1 Å². The second-order valence-corrected chi connectivity index (χ2v) is 9.72. The van der Waals surface area contributed by atoms with Crippen LogP contribution in [0.3, 0.4) is 0 Å². The third kappa shape index (κ3) is 7.52. The van der Waals surface area contributed by atoms with E-state index >= 15 is 0 Å². The highest BCUT2D eigenvalue weighted by atomic mass is 16.5. The molecule has 0 unspecified atom stereocenters. The number of fused-ring (bicyclic) bond motifs is 1. The highest BCUT2D eigenvalue weighted by molar-refractivity contribution is 5.48. The Morgan fingerprint density at radius 1 is 0.865 bits per heavy atom. The van der Waals surface area contributed by atoms with E-state index in [1.54, 1.807) is 14.2 Å². The Balaban J connectivity index is 1.24. The first kappa shape index (κ1) is 26.6. The molecule has 1 N–H and O–H groups in total. The van der Waals surface area contributed by atoms with Crippen LogP contribution in [0.4, 0.5) is 0 Å². The predicted octanol–water partition coefficient (Wildman–Crippen LogP) is 5.07. The minimum absolute atomic E-state index is 0.572. The molecular formula is C32H37NO4. The van der Waals surface area contributed by atoms with Crippen molar-refractivity contribution in [3.63, 3.8) is 0 Å². The maximum atomic E-state index is 11.2. The molecule has 0 heterocycles. The van der Waals surface area contributed by atoms with Crippen LogP contribution in [0.15, 0.2) is 66.7 Å². The van der Waals surface area contributed by atoms with Crippen molar-refractivity contribution in [1.29, 1.82) is 0 Å². The Bertz CT molecular complexity index is 1180. The first-order chi connectivity index (χ1) is 18.0. The average Bonchev–Trinajstić information content (AvgIpc) is 3.09. The number of aryl methyl sites for hydroxylation is 2. The van der Waals surface area contributed by atoms with Crippen molar-refractivity contribution in [2.45, 2.75) is 44.3 Å². The van der Waals surface area contributed by atoms with Crippen LogP contribution >= 0.6 is 0 Å². The van der Waals surface area contributed by atoms with Crippen molar-refractivity contribution in [2.75, 3.05) is 34.4 Å². The highest BCUT2D eigenvalue weighted by Crippen LogP contribution is 2.35. The number of rotatable bonds is 9. The molecule has 5 nitrogen and oxygen atoms in total. The van der Waals surface area contributed by atoms with Gasteiger partial charge >= 0.3 is 0 Å². The molecule has 0 aliphatic heterocycles. The lowest BCUT2D eigenvalue weighted by Crippen LogP contribution is -2.28. The summed E-state index contributed by atoms with van der Waals surface area (Å²) in [4.78, 5) is 2.19. The standard InChI is InChI=1S/C32H37NO4/c1-33(21-16-25-10-12-29(13-11-25)37-24-26-8-5-4-6-9-26)20-7-17-32(34)18-14-27-22-30(35-2)31(36-3)23-28(27)15-19-32/h4-6,8-13,22-23,34H,14-16,18-21,24H2,1-3H3. The zero-order valence-corrected chi connectivity index (χ0v) is 22.1. The fourth-order valence-corrected chi connectivity index (χ4v) is 4.59. The summed E-state index contributed by atoms with van der Waals surface area (Å²) in [5.41, 5.74) is 3.84. The molecule has 37 heavy (non-hydrogen) atoms. The van der Waals surface area contributed by atoms with Gasteiger partial charge in [-0.05, 0) is 85.7 Å². The van der Waals surface area contributed by atoms with Gasteiger partial charge in [0.1, 0.15) is 18.0 Å². The molecule has 0 amide bonds. The smallest absolute Gasteiger partial charge is 0.161 e. The molecule has 1 aliphatic carbocycles. The summed E-state index contributed by atoms with van der Waals surface area (Å²) in [6.45, 7) is 2.08. The van der Waals surface area contributed by atoms with Crippen LogP contribution in [0, 0.1) is 11.8 Å². The Morgan fingerprint density at radius 2 is 1.49 bits per heavy atom. The molecule has 0 bridgehead atoms. The van der Waals surface area contributed by atoms with Gasteiger partial charge in [0.2, 0.25) is 0 Å². The third-order valence-electron chi connectivity index (χ3n) is 6.95. The third-order valence-corrected chi connectivity index (χ3v) is 6.95. The molecular weight excluding hydrogens is 462 g/mol. The predicted molar refractivity (Wildman–Crippen MR) is 147 cm³/mol. The number of ether oxygens (including phenoxy) is 3. The average molecular weight is 500 g/mol. The molecule has 0 aromatic heterocycles. The van der Waals surface area contributed by atoms with Crippen LogP contribution in [0.2, 0.25) is 0 Å². The van der Waals surface area contributed by atoms with E-state index in [0.29, 0.717) is 26.0 Å². The molecule has 5 heteroatoms. The topological polar surface area (TPSA) is 51.2 Å². The van der Waals surface area contributed by atoms with Crippen LogP contribution < -0.4 is 14.2 Å². The lowest BCUT2D eigenvalue weighted by Gasteiger charge is -2.20. The van der Waals surface area contributed by atoms with Crippen LogP contribution in [-0.4, -0.2) is 50.0 Å². The van der Waals surface area contributed by atoms with Gasteiger partial charge < -0.3 is 19.3 Å². The molecule has 3 aromatic rings. The molecule has 0 spiro atoms. The van der Waals surface area contributed by atoms with Crippen molar-refractivity contribution in [3.8, 4) is 29.1 Å². The number of benzene rings is 3. The van der Waals surface area contributed by atoms with Crippen molar-refractivity contribution in [1.82, 2.24) is 4.90 Å². The first-order valence-electron chi connectivity index (χ1n) is 12.9. The zero-order chi connectivity index (χ0) is 26.1. The SMILES string of the molecule is COc1cc2c(cc1OC)CCC(O)(C#CCN(C)CCc1ccc(OCc3ccccc3)cc1)CC2. The van der Waals surface area contributed by atoms with E-state index in [-0.39, 0.29) is 0 Å². The van der Waals surface area contributed by atoms with E-state index in [1.165, 1.54) is 16.7 Å². The van der Waals surface area contributed by atoms with Crippen molar-refractivity contribution in [2.24, 2.45) is 0 Å². The van der Waals surface area contributed by atoms with Crippen LogP contribution in [0.1, 0.15) is 35.1 Å². The van der Waals surface area contributed by atoms with E-state index in [9.17, 15) is 5.11 Å². The van der Waals surface area contributed by atoms with Gasteiger partial charge in [-0.25, -0.2) is 0 Å². The van der Waals surface area contributed by atoms with Crippen molar-refractivity contribution in [3.05, 3.63) is 89.0 Å². The summed E-state index contributed by atoms with van der Waals surface area (Å²) in [6, 6.07) is 22.5. The Labute approximate surface area is 221 Å². The van der Waals surface area contributed by atoms with Gasteiger partial charge in [0, 0.05) is 6.54 Å². The summed E-state index contributed by atoms with van der Waals surface area (Å²) in [5, 5.41) is 11.2. The van der Waals surface area contributed by atoms with Gasteiger partial charge in [0.05, 0.1) is 20.8 Å². The number of nitrogens with zero attached hydrogens (tertiary/aromatic N) is 1. The first-order valence-corrected chi connectivity index (χ1v) is 12.9. The van der Waals surface area contributed by atoms with Crippen LogP contribution in [0.25, 0.3) is 0 Å². The Kier molecular flexibility index (Phi) is 9.11. The molecule has 1 aliphatic rings. The van der Waals surface area contributed by atoms with E-state index in [0.717, 1.165) is 48.6 Å². The summed E-state index contributed by atoms with van der Waals surface area (Å²) >= 11 is 0. The summed E-state index contributed by atoms with van der Waals surface area (Å²) in [7, 11) is 5.36. The Morgan fingerprint density at radius 3 is 2.08 bits per heavy atom. The van der Waals surface area contributed by atoms with Gasteiger partial charge in [-0.1, -0.05) is 54.3 Å². The number of aliphatic hydroxyl groups is 1. The van der Waals surface area contributed by atoms with Gasteiger partial charge in [-0.3, -0.25) is 4.90 Å². The summed E-state index contributed by atoms with van der Waals surface area (Å²) in [5.74, 6) is 8.75. The molecule has 0 radical (unpaired) electrons. The quantitative estimate of drug-likeness (QED) is 0.329. The number of likely N-dealkylation sites (N-methyl/N-ethyl adjacent to an activating group) is 1. The van der Waals surface area contributed by atoms with Crippen LogP contribution in [-0.2, 0) is 25.9 Å². The highest BCUT2D eigenvalue weighted by Gasteiger charge is 2.28. The fraction of sp³-hybridized carbons (Fsp3) is 0.375. The summed E-state index contributed by atoms with van der Waals surface area (Å²) < 4.78 is 16.8. The maximum Gasteiger partial charge on any atom is 0.161 e. The minimum atomic E-state index is -0.976. The molecule has 3 aromatic carbocycles. The van der Waals surface area contributed by atoms with Gasteiger partial charge in [-0.2, -0.15) is 0 Å². The number of hydrogen-bond acceptors (Lipinski definition) is 5. The summed E-state index contributed by atoms with van der Waals surface area (Å²) in [6.07, 6.45) is 3.69. The molecule has 0 saturated heterocycles. The van der Waals surface area contributed by atoms with Crippen LogP contribution in [0.5, 0.6) is 17.2 Å². The lowest BCUT2D eigenvalue weighted by atomic mass is 9.94. The second kappa shape index (κ2) is 12.7. The molecule has 0 saturated carbocycles. The molecule has 0 fully saturated rings. The largest absolute Gasteiger partial charge is 0.493 e. The van der Waals surface area contributed by atoms with Gasteiger partial charge in [0.25, 0.3) is 0 Å². The monoisotopic (exact) mass is 499 g/mol. The lowest BCUT2D eigenvalue weighted by molar-refractivity contribution is 0.0856. The maximum absolute atomic E-state index is 11.2. The van der Waals surface area contributed by atoms with E-state index < -0.39 is 5.60 Å². The van der Waals surface area contributed by atoms with E-state index in [4.69, 9.17) is 14.2 Å². The van der Waals surface area contributed by atoms with Gasteiger partial charge in [0.15, 0.2) is 11.5 Å². The molecule has 194 valence electrons. The van der Waals surface area contributed by atoms with Crippen molar-refractivity contribution >= 4 is 0 Å². The molecule has 0 atom stereocenters. The normalized spacial score (nSPS) is 14.2. The minimum Gasteiger partial charge on any atom is -0.493 e.